The van der Waals surface area contributed by atoms with Crippen LogP contribution >= 0.6 is 27.5 Å². The van der Waals surface area contributed by atoms with Gasteiger partial charge in [0.1, 0.15) is 11.9 Å². The fraction of sp³-hybridized carbons (Fsp3) is 0.467. The molecule has 4 nitrogen and oxygen atoms in total. The molecular formula is C15H19BrClN3O. The van der Waals surface area contributed by atoms with Crippen molar-refractivity contribution in [1.29, 1.82) is 0 Å². The molecule has 1 atom stereocenters. The first-order chi connectivity index (χ1) is 9.93. The monoisotopic (exact) mass is 371 g/mol. The lowest BCUT2D eigenvalue weighted by Crippen LogP contribution is -2.34. The zero-order valence-corrected chi connectivity index (χ0v) is 14.7. The summed E-state index contributed by atoms with van der Waals surface area (Å²) in [6, 6.07) is 5.47. The number of halogens is 2. The number of nitrogens with one attached hydrogen (secondary N) is 1. The number of aromatic nitrogens is 2. The molecule has 0 aliphatic rings. The minimum atomic E-state index is -0.350. The topological polar surface area (TPSA) is 46.9 Å². The maximum absolute atomic E-state index is 12.3. The van der Waals surface area contributed by atoms with Crippen LogP contribution in [0.1, 0.15) is 32.6 Å². The number of hydrogen-bond donors (Lipinski definition) is 1. The Kier molecular flexibility index (Phi) is 5.27. The van der Waals surface area contributed by atoms with Crippen LogP contribution in [0.4, 0.5) is 0 Å². The highest BCUT2D eigenvalue weighted by molar-refractivity contribution is 9.10. The molecule has 0 saturated carbocycles. The number of benzene rings is 1. The number of hydrogen-bond acceptors (Lipinski definition) is 2. The quantitative estimate of drug-likeness (QED) is 0.810. The molecule has 6 heteroatoms. The second-order valence-corrected chi connectivity index (χ2v) is 6.66. The van der Waals surface area contributed by atoms with E-state index < -0.39 is 0 Å². The van der Waals surface area contributed by atoms with E-state index in [1.807, 2.05) is 29.7 Å². The Morgan fingerprint density at radius 3 is 2.76 bits per heavy atom. The Hall–Kier alpha value is -1.07. The zero-order valence-electron chi connectivity index (χ0n) is 12.4. The molecule has 0 spiro atoms. The third kappa shape index (κ3) is 3.58. The highest BCUT2D eigenvalue weighted by atomic mass is 79.9. The van der Waals surface area contributed by atoms with E-state index in [9.17, 15) is 4.79 Å². The van der Waals surface area contributed by atoms with Crippen molar-refractivity contribution in [2.75, 3.05) is 6.54 Å². The van der Waals surface area contributed by atoms with Crippen LogP contribution in [-0.4, -0.2) is 22.0 Å². The molecule has 0 bridgehead atoms. The largest absolute Gasteiger partial charge is 0.354 e. The van der Waals surface area contributed by atoms with Gasteiger partial charge in [-0.3, -0.25) is 4.79 Å². The number of fused-ring (bicyclic) bond motifs is 1. The van der Waals surface area contributed by atoms with Gasteiger partial charge in [0.15, 0.2) is 0 Å². The average Bonchev–Trinajstić information content (AvgIpc) is 2.81. The Morgan fingerprint density at radius 1 is 1.43 bits per heavy atom. The molecular weight excluding hydrogens is 354 g/mol. The third-order valence-corrected chi connectivity index (χ3v) is 4.03. The Bertz CT molecular complexity index is 654. The maximum Gasteiger partial charge on any atom is 0.242 e. The van der Waals surface area contributed by atoms with Crippen molar-refractivity contribution in [3.8, 4) is 0 Å². The molecule has 1 aromatic heterocycles. The summed E-state index contributed by atoms with van der Waals surface area (Å²) in [5, 5.41) is 2.96. The molecule has 114 valence electrons. The fourth-order valence-electron chi connectivity index (χ4n) is 2.21. The van der Waals surface area contributed by atoms with E-state index in [4.69, 9.17) is 11.6 Å². The number of nitrogens with zero attached hydrogens (tertiary/aromatic N) is 2. The van der Waals surface area contributed by atoms with Crippen molar-refractivity contribution in [3.63, 3.8) is 0 Å². The molecule has 2 aromatic rings. The van der Waals surface area contributed by atoms with Crippen LogP contribution in [0.3, 0.4) is 0 Å². The van der Waals surface area contributed by atoms with Crippen molar-refractivity contribution in [2.45, 2.75) is 32.7 Å². The molecule has 21 heavy (non-hydrogen) atoms. The fourth-order valence-corrected chi connectivity index (χ4v) is 2.75. The molecule has 1 aromatic carbocycles. The van der Waals surface area contributed by atoms with Gasteiger partial charge in [0.25, 0.3) is 0 Å². The van der Waals surface area contributed by atoms with Crippen LogP contribution in [-0.2, 0) is 10.7 Å². The Labute approximate surface area is 138 Å². The average molecular weight is 373 g/mol. The van der Waals surface area contributed by atoms with E-state index in [-0.39, 0.29) is 17.8 Å². The van der Waals surface area contributed by atoms with Gasteiger partial charge in [0, 0.05) is 11.0 Å². The summed E-state index contributed by atoms with van der Waals surface area (Å²) in [6.45, 7) is 6.67. The standard InChI is InChI=1S/C15H19BrClN3O/c1-9(2)8-18-15(21)10(3)20-13-6-11(16)4-5-12(13)19-14(20)7-17/h4-6,9-10H,7-8H2,1-3H3,(H,18,21). The number of carbonyl (C=O) groups excluding carboxylic acids is 1. The molecule has 0 saturated heterocycles. The Balaban J connectivity index is 2.39. The number of alkyl halides is 1. The highest BCUT2D eigenvalue weighted by Crippen LogP contribution is 2.25. The molecule has 1 heterocycles. The summed E-state index contributed by atoms with van der Waals surface area (Å²) in [4.78, 5) is 16.8. The summed E-state index contributed by atoms with van der Waals surface area (Å²) in [7, 11) is 0. The van der Waals surface area contributed by atoms with E-state index in [0.29, 0.717) is 18.3 Å². The minimum Gasteiger partial charge on any atom is -0.354 e. The lowest BCUT2D eigenvalue weighted by Gasteiger charge is -2.17. The maximum atomic E-state index is 12.3. The highest BCUT2D eigenvalue weighted by Gasteiger charge is 2.21. The minimum absolute atomic E-state index is 0.0191. The summed E-state index contributed by atoms with van der Waals surface area (Å²) in [5.74, 6) is 1.38. The predicted molar refractivity (Wildman–Crippen MR) is 89.5 cm³/mol. The van der Waals surface area contributed by atoms with Crippen LogP contribution in [0.2, 0.25) is 0 Å². The van der Waals surface area contributed by atoms with Crippen molar-refractivity contribution < 1.29 is 4.79 Å². The normalized spacial score (nSPS) is 12.9. The van der Waals surface area contributed by atoms with Gasteiger partial charge in [0.2, 0.25) is 5.91 Å². The molecule has 0 radical (unpaired) electrons. The number of imidazole rings is 1. The van der Waals surface area contributed by atoms with E-state index in [1.54, 1.807) is 0 Å². The first kappa shape index (κ1) is 16.3. The van der Waals surface area contributed by atoms with E-state index in [2.05, 4.69) is 40.1 Å². The third-order valence-electron chi connectivity index (χ3n) is 3.30. The van der Waals surface area contributed by atoms with Crippen LogP contribution in [0.5, 0.6) is 0 Å². The molecule has 1 unspecified atom stereocenters. The van der Waals surface area contributed by atoms with Crippen LogP contribution < -0.4 is 5.32 Å². The summed E-state index contributed by atoms with van der Waals surface area (Å²) in [5.41, 5.74) is 1.75. The molecule has 1 amide bonds. The van der Waals surface area contributed by atoms with Gasteiger partial charge in [0.05, 0.1) is 16.9 Å². The van der Waals surface area contributed by atoms with Gasteiger partial charge in [-0.05, 0) is 31.0 Å². The Morgan fingerprint density at radius 2 is 2.14 bits per heavy atom. The molecule has 1 N–H and O–H groups in total. The van der Waals surface area contributed by atoms with Gasteiger partial charge in [-0.15, -0.1) is 11.6 Å². The smallest absolute Gasteiger partial charge is 0.242 e. The van der Waals surface area contributed by atoms with Crippen molar-refractivity contribution in [3.05, 3.63) is 28.5 Å². The SMILES string of the molecule is CC(C)CNC(=O)C(C)n1c(CCl)nc2ccc(Br)cc21. The zero-order chi connectivity index (χ0) is 15.6. The van der Waals surface area contributed by atoms with Crippen LogP contribution in [0.15, 0.2) is 22.7 Å². The van der Waals surface area contributed by atoms with E-state index in [0.717, 1.165) is 15.5 Å². The number of rotatable bonds is 5. The second kappa shape index (κ2) is 6.79. The lowest BCUT2D eigenvalue weighted by molar-refractivity contribution is -0.124. The second-order valence-electron chi connectivity index (χ2n) is 5.48. The first-order valence-electron chi connectivity index (χ1n) is 6.94. The first-order valence-corrected chi connectivity index (χ1v) is 8.26. The number of carbonyl (C=O) groups is 1. The summed E-state index contributed by atoms with van der Waals surface area (Å²) >= 11 is 9.45. The molecule has 0 aliphatic heterocycles. The van der Waals surface area contributed by atoms with Gasteiger partial charge < -0.3 is 9.88 Å². The van der Waals surface area contributed by atoms with Crippen LogP contribution in [0.25, 0.3) is 11.0 Å². The van der Waals surface area contributed by atoms with Crippen molar-refractivity contribution in [1.82, 2.24) is 14.9 Å². The molecule has 0 aliphatic carbocycles. The van der Waals surface area contributed by atoms with Gasteiger partial charge in [-0.2, -0.15) is 0 Å². The van der Waals surface area contributed by atoms with Gasteiger partial charge in [-0.25, -0.2) is 4.98 Å². The van der Waals surface area contributed by atoms with E-state index >= 15 is 0 Å². The van der Waals surface area contributed by atoms with Crippen molar-refractivity contribution in [2.24, 2.45) is 5.92 Å². The predicted octanol–water partition coefficient (Wildman–Crippen LogP) is 3.87. The van der Waals surface area contributed by atoms with Gasteiger partial charge in [-0.1, -0.05) is 29.8 Å². The number of amides is 1. The summed E-state index contributed by atoms with van der Waals surface area (Å²) in [6.07, 6.45) is 0. The van der Waals surface area contributed by atoms with Crippen LogP contribution in [0, 0.1) is 5.92 Å². The molecule has 2 rings (SSSR count). The summed E-state index contributed by atoms with van der Waals surface area (Å²) < 4.78 is 2.86. The lowest BCUT2D eigenvalue weighted by atomic mass is 10.2. The van der Waals surface area contributed by atoms with Crippen molar-refractivity contribution >= 4 is 44.5 Å². The van der Waals surface area contributed by atoms with E-state index in [1.165, 1.54) is 0 Å². The van der Waals surface area contributed by atoms with Gasteiger partial charge >= 0.3 is 0 Å². The molecule has 0 fully saturated rings.